The van der Waals surface area contributed by atoms with Gasteiger partial charge in [0.1, 0.15) is 0 Å². The van der Waals surface area contributed by atoms with E-state index in [1.807, 2.05) is 42.5 Å². The Morgan fingerprint density at radius 2 is 2.04 bits per heavy atom. The van der Waals surface area contributed by atoms with Crippen LogP contribution >= 0.6 is 22.9 Å². The second-order valence-electron chi connectivity index (χ2n) is 6.14. The maximum Gasteiger partial charge on any atom is 0.231 e. The van der Waals surface area contributed by atoms with Crippen molar-refractivity contribution in [1.29, 1.82) is 0 Å². The molecule has 27 heavy (non-hydrogen) atoms. The summed E-state index contributed by atoms with van der Waals surface area (Å²) in [6.07, 6.45) is 3.48. The second-order valence-corrected chi connectivity index (χ2v) is 7.66. The van der Waals surface area contributed by atoms with Crippen LogP contribution in [0.4, 0.5) is 5.13 Å². The van der Waals surface area contributed by atoms with Crippen molar-refractivity contribution < 1.29 is 14.3 Å². The minimum Gasteiger partial charge on any atom is -0.454 e. The lowest BCUT2D eigenvalue weighted by atomic mass is 10.1. The highest BCUT2D eigenvalue weighted by Gasteiger charge is 2.14. The van der Waals surface area contributed by atoms with E-state index in [2.05, 4.69) is 10.3 Å². The van der Waals surface area contributed by atoms with E-state index in [-0.39, 0.29) is 12.7 Å². The van der Waals surface area contributed by atoms with Gasteiger partial charge in [-0.05, 0) is 35.7 Å². The number of aryl methyl sites for hydroxylation is 1. The molecule has 0 radical (unpaired) electrons. The van der Waals surface area contributed by atoms with E-state index in [4.69, 9.17) is 21.1 Å². The first kappa shape index (κ1) is 17.8. The Morgan fingerprint density at radius 3 is 2.93 bits per heavy atom. The van der Waals surface area contributed by atoms with Gasteiger partial charge in [0.15, 0.2) is 16.6 Å². The molecule has 1 aliphatic rings. The number of fused-ring (bicyclic) bond motifs is 1. The summed E-state index contributed by atoms with van der Waals surface area (Å²) in [5.74, 6) is 1.42. The molecule has 4 rings (SSSR count). The molecule has 1 N–H and O–H groups in total. The van der Waals surface area contributed by atoms with Gasteiger partial charge in [0, 0.05) is 28.9 Å². The van der Waals surface area contributed by atoms with Gasteiger partial charge in [-0.3, -0.25) is 4.79 Å². The first-order chi connectivity index (χ1) is 13.2. The summed E-state index contributed by atoms with van der Waals surface area (Å²) in [6.45, 7) is 0.250. The average molecular weight is 401 g/mol. The van der Waals surface area contributed by atoms with Crippen LogP contribution in [0.1, 0.15) is 22.4 Å². The molecule has 7 heteroatoms. The van der Waals surface area contributed by atoms with Crippen LogP contribution in [0.5, 0.6) is 11.5 Å². The Morgan fingerprint density at radius 1 is 1.19 bits per heavy atom. The summed E-state index contributed by atoms with van der Waals surface area (Å²) >= 11 is 7.66. The van der Waals surface area contributed by atoms with Gasteiger partial charge in [-0.15, -0.1) is 11.3 Å². The van der Waals surface area contributed by atoms with Crippen molar-refractivity contribution in [3.05, 3.63) is 69.7 Å². The SMILES string of the molecule is O=C(CCc1ccc2c(c1)OCO2)Nc1ncc(Cc2ccccc2Cl)s1. The Kier molecular flexibility index (Phi) is 5.27. The number of halogens is 1. The van der Waals surface area contributed by atoms with Crippen molar-refractivity contribution in [1.82, 2.24) is 4.98 Å². The maximum absolute atomic E-state index is 12.2. The molecule has 0 aliphatic carbocycles. The molecule has 1 amide bonds. The Balaban J connectivity index is 1.31. The minimum absolute atomic E-state index is 0.0636. The largest absolute Gasteiger partial charge is 0.454 e. The molecule has 1 aromatic heterocycles. The molecule has 1 aliphatic heterocycles. The highest BCUT2D eigenvalue weighted by atomic mass is 35.5. The summed E-state index contributed by atoms with van der Waals surface area (Å²) in [4.78, 5) is 17.6. The highest BCUT2D eigenvalue weighted by Crippen LogP contribution is 2.32. The van der Waals surface area contributed by atoms with Crippen molar-refractivity contribution in [2.75, 3.05) is 12.1 Å². The van der Waals surface area contributed by atoms with E-state index in [1.165, 1.54) is 11.3 Å². The van der Waals surface area contributed by atoms with Crippen molar-refractivity contribution in [3.63, 3.8) is 0 Å². The van der Waals surface area contributed by atoms with Gasteiger partial charge >= 0.3 is 0 Å². The molecule has 0 atom stereocenters. The zero-order valence-electron chi connectivity index (χ0n) is 14.4. The number of nitrogens with zero attached hydrogens (tertiary/aromatic N) is 1. The van der Waals surface area contributed by atoms with Crippen LogP contribution in [0.2, 0.25) is 5.02 Å². The molecule has 0 unspecified atom stereocenters. The molecular formula is C20H17ClN2O3S. The minimum atomic E-state index is -0.0636. The first-order valence-corrected chi connectivity index (χ1v) is 9.73. The van der Waals surface area contributed by atoms with E-state index in [0.717, 1.165) is 32.5 Å². The normalized spacial score (nSPS) is 12.2. The molecule has 0 spiro atoms. The van der Waals surface area contributed by atoms with Gasteiger partial charge < -0.3 is 14.8 Å². The number of carbonyl (C=O) groups is 1. The van der Waals surface area contributed by atoms with E-state index >= 15 is 0 Å². The summed E-state index contributed by atoms with van der Waals surface area (Å²) in [6, 6.07) is 13.5. The maximum atomic E-state index is 12.2. The fraction of sp³-hybridized carbons (Fsp3) is 0.200. The Labute approximate surface area is 165 Å². The molecule has 5 nitrogen and oxygen atoms in total. The molecule has 3 aromatic rings. The Bertz CT molecular complexity index is 973. The van der Waals surface area contributed by atoms with Crippen molar-refractivity contribution in [2.24, 2.45) is 0 Å². The monoisotopic (exact) mass is 400 g/mol. The lowest BCUT2D eigenvalue weighted by molar-refractivity contribution is -0.116. The Hall–Kier alpha value is -2.57. The third-order valence-electron chi connectivity index (χ3n) is 4.20. The zero-order valence-corrected chi connectivity index (χ0v) is 16.0. The number of carbonyl (C=O) groups excluding carboxylic acids is 1. The first-order valence-electron chi connectivity index (χ1n) is 8.54. The predicted octanol–water partition coefficient (Wildman–Crippen LogP) is 4.69. The molecule has 2 aromatic carbocycles. The number of amides is 1. The number of anilines is 1. The number of hydrogen-bond donors (Lipinski definition) is 1. The molecular weight excluding hydrogens is 384 g/mol. The third kappa shape index (κ3) is 4.40. The van der Waals surface area contributed by atoms with Gasteiger partial charge in [-0.25, -0.2) is 4.98 Å². The van der Waals surface area contributed by atoms with Crippen LogP contribution in [-0.4, -0.2) is 17.7 Å². The van der Waals surface area contributed by atoms with Crippen LogP contribution in [-0.2, 0) is 17.6 Å². The molecule has 0 fully saturated rings. The number of rotatable bonds is 6. The molecule has 0 bridgehead atoms. The third-order valence-corrected chi connectivity index (χ3v) is 5.48. The average Bonchev–Trinajstić information content (AvgIpc) is 3.30. The topological polar surface area (TPSA) is 60.5 Å². The van der Waals surface area contributed by atoms with Crippen molar-refractivity contribution in [3.8, 4) is 11.5 Å². The van der Waals surface area contributed by atoms with Gasteiger partial charge in [0.2, 0.25) is 12.7 Å². The van der Waals surface area contributed by atoms with Crippen molar-refractivity contribution in [2.45, 2.75) is 19.3 Å². The van der Waals surface area contributed by atoms with Gasteiger partial charge in [-0.1, -0.05) is 35.9 Å². The fourth-order valence-electron chi connectivity index (χ4n) is 2.81. The lowest BCUT2D eigenvalue weighted by Crippen LogP contribution is -2.12. The number of nitrogens with one attached hydrogen (secondary N) is 1. The highest BCUT2D eigenvalue weighted by molar-refractivity contribution is 7.15. The van der Waals surface area contributed by atoms with E-state index in [9.17, 15) is 4.79 Å². The number of aromatic nitrogens is 1. The smallest absolute Gasteiger partial charge is 0.231 e. The fourth-order valence-corrected chi connectivity index (χ4v) is 3.87. The lowest BCUT2D eigenvalue weighted by Gasteiger charge is -2.04. The van der Waals surface area contributed by atoms with Gasteiger partial charge in [0.25, 0.3) is 0 Å². The molecule has 2 heterocycles. The van der Waals surface area contributed by atoms with Crippen LogP contribution in [0.25, 0.3) is 0 Å². The van der Waals surface area contributed by atoms with Crippen LogP contribution < -0.4 is 14.8 Å². The summed E-state index contributed by atoms with van der Waals surface area (Å²) < 4.78 is 10.7. The summed E-state index contributed by atoms with van der Waals surface area (Å²) in [5.41, 5.74) is 2.08. The molecule has 0 saturated heterocycles. The van der Waals surface area contributed by atoms with E-state index in [1.54, 1.807) is 6.20 Å². The zero-order chi connectivity index (χ0) is 18.6. The predicted molar refractivity (Wildman–Crippen MR) is 106 cm³/mol. The quantitative estimate of drug-likeness (QED) is 0.652. The summed E-state index contributed by atoms with van der Waals surface area (Å²) in [7, 11) is 0. The van der Waals surface area contributed by atoms with Crippen LogP contribution in [0.3, 0.4) is 0 Å². The molecule has 0 saturated carbocycles. The van der Waals surface area contributed by atoms with Gasteiger partial charge in [-0.2, -0.15) is 0 Å². The van der Waals surface area contributed by atoms with E-state index < -0.39 is 0 Å². The summed E-state index contributed by atoms with van der Waals surface area (Å²) in [5, 5.41) is 4.21. The van der Waals surface area contributed by atoms with E-state index in [0.29, 0.717) is 24.4 Å². The van der Waals surface area contributed by atoms with Crippen LogP contribution in [0.15, 0.2) is 48.7 Å². The van der Waals surface area contributed by atoms with Crippen LogP contribution in [0, 0.1) is 0 Å². The molecule has 138 valence electrons. The van der Waals surface area contributed by atoms with Gasteiger partial charge in [0.05, 0.1) is 0 Å². The number of thiazole rings is 1. The number of ether oxygens (including phenoxy) is 2. The number of benzene rings is 2. The number of hydrogen-bond acceptors (Lipinski definition) is 5. The van der Waals surface area contributed by atoms with Crippen molar-refractivity contribution >= 4 is 34.0 Å². The second kappa shape index (κ2) is 7.98. The standard InChI is InChI=1S/C20H17ClN2O3S/c21-16-4-2-1-3-14(16)10-15-11-22-20(27-15)23-19(24)8-6-13-5-7-17-18(9-13)26-12-25-17/h1-5,7,9,11H,6,8,10,12H2,(H,22,23,24).